The summed E-state index contributed by atoms with van der Waals surface area (Å²) in [7, 11) is 0. The molecule has 0 bridgehead atoms. The van der Waals surface area contributed by atoms with Crippen LogP contribution in [0.15, 0.2) is 46.9 Å². The molecule has 0 aliphatic heterocycles. The molecule has 0 aliphatic rings. The number of carbonyl (C=O) groups is 1. The second kappa shape index (κ2) is 8.58. The van der Waals surface area contributed by atoms with E-state index in [9.17, 15) is 4.79 Å². The summed E-state index contributed by atoms with van der Waals surface area (Å²) in [5.74, 6) is 1.23. The maximum absolute atomic E-state index is 11.9. The predicted molar refractivity (Wildman–Crippen MR) is 95.2 cm³/mol. The first-order chi connectivity index (χ1) is 11.1. The number of hydrogen-bond acceptors (Lipinski definition) is 3. The van der Waals surface area contributed by atoms with E-state index in [1.165, 1.54) is 0 Å². The van der Waals surface area contributed by atoms with Gasteiger partial charge in [-0.05, 0) is 71.2 Å². The zero-order valence-electron chi connectivity index (χ0n) is 13.3. The number of nitrogens with one attached hydrogen (secondary N) is 1. The number of rotatable bonds is 7. The van der Waals surface area contributed by atoms with Crippen molar-refractivity contribution in [2.24, 2.45) is 0 Å². The predicted octanol–water partition coefficient (Wildman–Crippen LogP) is 4.56. The van der Waals surface area contributed by atoms with Crippen LogP contribution in [0.2, 0.25) is 0 Å². The lowest BCUT2D eigenvalue weighted by atomic mass is 10.2. The van der Waals surface area contributed by atoms with Crippen molar-refractivity contribution in [2.75, 3.05) is 18.5 Å². The van der Waals surface area contributed by atoms with Gasteiger partial charge in [-0.25, -0.2) is 0 Å². The van der Waals surface area contributed by atoms with Gasteiger partial charge in [0.25, 0.3) is 5.91 Å². The molecule has 0 radical (unpaired) electrons. The fourth-order valence-electron chi connectivity index (χ4n) is 1.92. The summed E-state index contributed by atoms with van der Waals surface area (Å²) in [5.41, 5.74) is 1.84. The third-order valence-corrected chi connectivity index (χ3v) is 3.68. The van der Waals surface area contributed by atoms with Crippen LogP contribution in [-0.2, 0) is 4.79 Å². The number of aryl methyl sites for hydroxylation is 1. The molecule has 1 amide bonds. The normalized spacial score (nSPS) is 10.2. The molecule has 2 rings (SSSR count). The Kier molecular flexibility index (Phi) is 6.47. The van der Waals surface area contributed by atoms with Crippen molar-refractivity contribution in [2.45, 2.75) is 20.3 Å². The van der Waals surface area contributed by atoms with E-state index in [-0.39, 0.29) is 12.5 Å². The highest BCUT2D eigenvalue weighted by Gasteiger charge is 2.06. The van der Waals surface area contributed by atoms with Gasteiger partial charge in [0.05, 0.1) is 11.1 Å². The van der Waals surface area contributed by atoms with Crippen LogP contribution in [0.25, 0.3) is 0 Å². The Morgan fingerprint density at radius 2 is 1.87 bits per heavy atom. The fraction of sp³-hybridized carbons (Fsp3) is 0.278. The Labute approximate surface area is 144 Å². The molecule has 0 atom stereocenters. The first kappa shape index (κ1) is 17.3. The highest BCUT2D eigenvalue weighted by Crippen LogP contribution is 2.25. The standard InChI is InChI=1S/C18H20BrNO3/c1-3-10-22-15-7-5-14(6-8-15)20-18(21)12-23-17-9-4-13(2)11-16(17)19/h4-9,11H,3,10,12H2,1-2H3,(H,20,21). The average Bonchev–Trinajstić information content (AvgIpc) is 2.53. The SMILES string of the molecule is CCCOc1ccc(NC(=O)COc2ccc(C)cc2Br)cc1. The van der Waals surface area contributed by atoms with Gasteiger partial charge in [0.1, 0.15) is 11.5 Å². The van der Waals surface area contributed by atoms with Gasteiger partial charge in [0.15, 0.2) is 6.61 Å². The molecule has 0 spiro atoms. The van der Waals surface area contributed by atoms with Gasteiger partial charge in [-0.15, -0.1) is 0 Å². The molecule has 2 aromatic rings. The molecule has 0 aliphatic carbocycles. The molecule has 0 heterocycles. The largest absolute Gasteiger partial charge is 0.494 e. The number of carbonyl (C=O) groups excluding carboxylic acids is 1. The zero-order valence-corrected chi connectivity index (χ0v) is 14.9. The van der Waals surface area contributed by atoms with Gasteiger partial charge in [0, 0.05) is 5.69 Å². The molecule has 5 heteroatoms. The lowest BCUT2D eigenvalue weighted by Crippen LogP contribution is -2.20. The first-order valence-electron chi connectivity index (χ1n) is 7.50. The van der Waals surface area contributed by atoms with E-state index in [1.54, 1.807) is 0 Å². The summed E-state index contributed by atoms with van der Waals surface area (Å²) in [6.45, 7) is 4.69. The van der Waals surface area contributed by atoms with Gasteiger partial charge in [-0.3, -0.25) is 4.79 Å². The van der Waals surface area contributed by atoms with E-state index >= 15 is 0 Å². The third-order valence-electron chi connectivity index (χ3n) is 3.06. The van der Waals surface area contributed by atoms with Crippen LogP contribution in [0.3, 0.4) is 0 Å². The second-order valence-corrected chi connectivity index (χ2v) is 6.00. The quantitative estimate of drug-likeness (QED) is 0.768. The third kappa shape index (κ3) is 5.60. The van der Waals surface area contributed by atoms with Gasteiger partial charge < -0.3 is 14.8 Å². The number of halogens is 1. The minimum Gasteiger partial charge on any atom is -0.494 e. The van der Waals surface area contributed by atoms with E-state index in [2.05, 4.69) is 28.2 Å². The summed E-state index contributed by atoms with van der Waals surface area (Å²) < 4.78 is 11.9. The lowest BCUT2D eigenvalue weighted by Gasteiger charge is -2.10. The smallest absolute Gasteiger partial charge is 0.262 e. The Bertz CT molecular complexity index is 656. The van der Waals surface area contributed by atoms with Crippen molar-refractivity contribution in [3.63, 3.8) is 0 Å². The summed E-state index contributed by atoms with van der Waals surface area (Å²) in [5, 5.41) is 2.79. The van der Waals surface area contributed by atoms with Gasteiger partial charge in [0.2, 0.25) is 0 Å². The van der Waals surface area contributed by atoms with E-state index in [0.29, 0.717) is 18.0 Å². The first-order valence-corrected chi connectivity index (χ1v) is 8.29. The van der Waals surface area contributed by atoms with Crippen LogP contribution in [0.1, 0.15) is 18.9 Å². The van der Waals surface area contributed by atoms with E-state index in [0.717, 1.165) is 22.2 Å². The lowest BCUT2D eigenvalue weighted by molar-refractivity contribution is -0.118. The van der Waals surface area contributed by atoms with Crippen LogP contribution in [0.4, 0.5) is 5.69 Å². The molecule has 0 aromatic heterocycles. The van der Waals surface area contributed by atoms with Crippen molar-refractivity contribution < 1.29 is 14.3 Å². The van der Waals surface area contributed by atoms with E-state index in [1.807, 2.05) is 49.4 Å². The Balaban J connectivity index is 1.84. The van der Waals surface area contributed by atoms with E-state index < -0.39 is 0 Å². The Morgan fingerprint density at radius 1 is 1.13 bits per heavy atom. The molecular weight excluding hydrogens is 358 g/mol. The number of amides is 1. The fourth-order valence-corrected chi connectivity index (χ4v) is 2.53. The number of ether oxygens (including phenoxy) is 2. The van der Waals surface area contributed by atoms with Crippen molar-refractivity contribution in [1.29, 1.82) is 0 Å². The summed E-state index contributed by atoms with van der Waals surface area (Å²) in [4.78, 5) is 11.9. The molecule has 0 saturated carbocycles. The van der Waals surface area contributed by atoms with Gasteiger partial charge >= 0.3 is 0 Å². The van der Waals surface area contributed by atoms with Crippen LogP contribution in [0, 0.1) is 6.92 Å². The van der Waals surface area contributed by atoms with Crippen molar-refractivity contribution in [1.82, 2.24) is 0 Å². The molecule has 2 aromatic carbocycles. The molecule has 1 N–H and O–H groups in total. The van der Waals surface area contributed by atoms with Crippen LogP contribution in [-0.4, -0.2) is 19.1 Å². The molecular formula is C18H20BrNO3. The maximum Gasteiger partial charge on any atom is 0.262 e. The highest BCUT2D eigenvalue weighted by atomic mass is 79.9. The van der Waals surface area contributed by atoms with Gasteiger partial charge in [-0.2, -0.15) is 0 Å². The highest BCUT2D eigenvalue weighted by molar-refractivity contribution is 9.10. The summed E-state index contributed by atoms with van der Waals surface area (Å²) in [6.07, 6.45) is 0.963. The van der Waals surface area contributed by atoms with Crippen LogP contribution >= 0.6 is 15.9 Å². The topological polar surface area (TPSA) is 47.6 Å². The minimum atomic E-state index is -0.209. The van der Waals surface area contributed by atoms with E-state index in [4.69, 9.17) is 9.47 Å². The Morgan fingerprint density at radius 3 is 2.52 bits per heavy atom. The molecule has 23 heavy (non-hydrogen) atoms. The van der Waals surface area contributed by atoms with Crippen LogP contribution in [0.5, 0.6) is 11.5 Å². The maximum atomic E-state index is 11.9. The molecule has 0 unspecified atom stereocenters. The number of hydrogen-bond donors (Lipinski definition) is 1. The van der Waals surface area contributed by atoms with Crippen LogP contribution < -0.4 is 14.8 Å². The summed E-state index contributed by atoms with van der Waals surface area (Å²) in [6, 6.07) is 13.0. The molecule has 0 fully saturated rings. The van der Waals surface area contributed by atoms with Gasteiger partial charge in [-0.1, -0.05) is 13.0 Å². The molecule has 122 valence electrons. The second-order valence-electron chi connectivity index (χ2n) is 5.14. The van der Waals surface area contributed by atoms with Crippen molar-refractivity contribution in [3.05, 3.63) is 52.5 Å². The number of benzene rings is 2. The Hall–Kier alpha value is -2.01. The monoisotopic (exact) mass is 377 g/mol. The average molecular weight is 378 g/mol. The molecule has 4 nitrogen and oxygen atoms in total. The van der Waals surface area contributed by atoms with Crippen molar-refractivity contribution in [3.8, 4) is 11.5 Å². The van der Waals surface area contributed by atoms with Crippen molar-refractivity contribution >= 4 is 27.5 Å². The summed E-state index contributed by atoms with van der Waals surface area (Å²) >= 11 is 3.42. The molecule has 0 saturated heterocycles. The number of anilines is 1. The minimum absolute atomic E-state index is 0.0459. The zero-order chi connectivity index (χ0) is 16.7.